The van der Waals surface area contributed by atoms with Crippen LogP contribution in [-0.2, 0) is 0 Å². The van der Waals surface area contributed by atoms with Crippen LogP contribution in [0.5, 0.6) is 0 Å². The molecule has 5 heteroatoms. The predicted octanol–water partition coefficient (Wildman–Crippen LogP) is 3.77. The van der Waals surface area contributed by atoms with Gasteiger partial charge in [0.15, 0.2) is 0 Å². The van der Waals surface area contributed by atoms with Gasteiger partial charge in [0.05, 0.1) is 6.04 Å². The Bertz CT molecular complexity index is 885. The first-order chi connectivity index (χ1) is 13.7. The molecule has 0 spiro atoms. The molecule has 142 valence electrons. The van der Waals surface area contributed by atoms with Crippen LogP contribution in [0.15, 0.2) is 79.0 Å². The quantitative estimate of drug-likeness (QED) is 0.652. The number of benzene rings is 2. The number of rotatable bonds is 4. The van der Waals surface area contributed by atoms with E-state index in [-0.39, 0.29) is 11.9 Å². The molecule has 4 rings (SSSR count). The summed E-state index contributed by atoms with van der Waals surface area (Å²) < 4.78 is 13.3. The summed E-state index contributed by atoms with van der Waals surface area (Å²) >= 11 is 0. The Morgan fingerprint density at radius 1 is 0.857 bits per heavy atom. The van der Waals surface area contributed by atoms with Gasteiger partial charge in [-0.25, -0.2) is 4.98 Å². The SMILES string of the molecule is O=C(c1ccnc(F)c1)N1CCN(C(c2ccccc2)c2ccccc2)CC1. The van der Waals surface area contributed by atoms with E-state index in [1.54, 1.807) is 11.0 Å². The van der Waals surface area contributed by atoms with Crippen LogP contribution >= 0.6 is 0 Å². The van der Waals surface area contributed by atoms with Crippen molar-refractivity contribution in [3.05, 3.63) is 102 Å². The number of piperazine rings is 1. The van der Waals surface area contributed by atoms with Crippen LogP contribution in [0.25, 0.3) is 0 Å². The molecule has 0 aliphatic carbocycles. The molecule has 1 aromatic heterocycles. The zero-order valence-corrected chi connectivity index (χ0v) is 15.5. The van der Waals surface area contributed by atoms with Crippen LogP contribution in [-0.4, -0.2) is 46.9 Å². The van der Waals surface area contributed by atoms with E-state index in [0.717, 1.165) is 13.1 Å². The minimum atomic E-state index is -0.627. The first-order valence-electron chi connectivity index (χ1n) is 9.47. The highest BCUT2D eigenvalue weighted by molar-refractivity contribution is 5.94. The summed E-state index contributed by atoms with van der Waals surface area (Å²) in [6, 6.07) is 23.8. The third kappa shape index (κ3) is 3.94. The lowest BCUT2D eigenvalue weighted by Gasteiger charge is -2.39. The standard InChI is InChI=1S/C23H22FN3O/c24-21-17-20(11-12-25-21)23(28)27-15-13-26(14-16-27)22(18-7-3-1-4-8-18)19-9-5-2-6-10-19/h1-12,17,22H,13-16H2. The number of pyridine rings is 1. The molecular formula is C23H22FN3O. The second-order valence-corrected chi connectivity index (χ2v) is 6.92. The Labute approximate surface area is 164 Å². The predicted molar refractivity (Wildman–Crippen MR) is 106 cm³/mol. The van der Waals surface area contributed by atoms with E-state index >= 15 is 0 Å². The van der Waals surface area contributed by atoms with E-state index in [1.165, 1.54) is 23.4 Å². The van der Waals surface area contributed by atoms with Gasteiger partial charge in [-0.15, -0.1) is 0 Å². The van der Waals surface area contributed by atoms with E-state index < -0.39 is 5.95 Å². The molecule has 2 heterocycles. The maximum atomic E-state index is 13.3. The summed E-state index contributed by atoms with van der Waals surface area (Å²) in [6.07, 6.45) is 1.33. The summed E-state index contributed by atoms with van der Waals surface area (Å²) in [5, 5.41) is 0. The lowest BCUT2D eigenvalue weighted by atomic mass is 9.96. The van der Waals surface area contributed by atoms with Gasteiger partial charge < -0.3 is 4.90 Å². The Balaban J connectivity index is 1.51. The molecule has 0 saturated carbocycles. The maximum absolute atomic E-state index is 13.3. The topological polar surface area (TPSA) is 36.4 Å². The van der Waals surface area contributed by atoms with Crippen LogP contribution < -0.4 is 0 Å². The normalized spacial score (nSPS) is 15.0. The number of halogens is 1. The summed E-state index contributed by atoms with van der Waals surface area (Å²) in [6.45, 7) is 2.74. The number of hydrogen-bond donors (Lipinski definition) is 0. The first kappa shape index (κ1) is 18.3. The Morgan fingerprint density at radius 3 is 1.96 bits per heavy atom. The monoisotopic (exact) mass is 375 g/mol. The van der Waals surface area contributed by atoms with Crippen molar-refractivity contribution in [2.24, 2.45) is 0 Å². The molecule has 4 nitrogen and oxygen atoms in total. The van der Waals surface area contributed by atoms with Crippen molar-refractivity contribution in [1.29, 1.82) is 0 Å². The summed E-state index contributed by atoms with van der Waals surface area (Å²) in [5.74, 6) is -0.769. The highest BCUT2D eigenvalue weighted by Gasteiger charge is 2.28. The molecule has 0 unspecified atom stereocenters. The summed E-state index contributed by atoms with van der Waals surface area (Å²) in [5.41, 5.74) is 2.83. The minimum absolute atomic E-state index is 0.142. The van der Waals surface area contributed by atoms with E-state index in [1.807, 2.05) is 12.1 Å². The van der Waals surface area contributed by atoms with Gasteiger partial charge >= 0.3 is 0 Å². The zero-order valence-electron chi connectivity index (χ0n) is 15.5. The van der Waals surface area contributed by atoms with Crippen molar-refractivity contribution in [1.82, 2.24) is 14.8 Å². The number of nitrogens with zero attached hydrogens (tertiary/aromatic N) is 3. The molecule has 1 saturated heterocycles. The summed E-state index contributed by atoms with van der Waals surface area (Å²) in [4.78, 5) is 20.4. The second kappa shape index (κ2) is 8.31. The summed E-state index contributed by atoms with van der Waals surface area (Å²) in [7, 11) is 0. The number of amides is 1. The second-order valence-electron chi connectivity index (χ2n) is 6.92. The minimum Gasteiger partial charge on any atom is -0.336 e. The molecule has 1 amide bonds. The van der Waals surface area contributed by atoms with E-state index in [4.69, 9.17) is 0 Å². The molecule has 0 radical (unpaired) electrons. The van der Waals surface area contributed by atoms with Crippen molar-refractivity contribution in [2.75, 3.05) is 26.2 Å². The van der Waals surface area contributed by atoms with Crippen molar-refractivity contribution in [3.8, 4) is 0 Å². The molecule has 2 aromatic carbocycles. The molecule has 3 aromatic rings. The molecule has 1 aliphatic rings. The lowest BCUT2D eigenvalue weighted by molar-refractivity contribution is 0.0596. The smallest absolute Gasteiger partial charge is 0.254 e. The van der Waals surface area contributed by atoms with Gasteiger partial charge in [0.2, 0.25) is 5.95 Å². The number of hydrogen-bond acceptors (Lipinski definition) is 3. The number of carbonyl (C=O) groups is 1. The van der Waals surface area contributed by atoms with Gasteiger partial charge in [-0.1, -0.05) is 60.7 Å². The van der Waals surface area contributed by atoms with Crippen LogP contribution in [0.2, 0.25) is 0 Å². The van der Waals surface area contributed by atoms with Crippen molar-refractivity contribution in [3.63, 3.8) is 0 Å². The van der Waals surface area contributed by atoms with Gasteiger partial charge in [-0.2, -0.15) is 4.39 Å². The zero-order chi connectivity index (χ0) is 19.3. The molecular weight excluding hydrogens is 353 g/mol. The van der Waals surface area contributed by atoms with Crippen LogP contribution in [0, 0.1) is 5.95 Å². The van der Waals surface area contributed by atoms with E-state index in [2.05, 4.69) is 58.4 Å². The Kier molecular flexibility index (Phi) is 5.44. The fourth-order valence-corrected chi connectivity index (χ4v) is 3.79. The molecule has 0 N–H and O–H groups in total. The molecule has 1 aliphatic heterocycles. The highest BCUT2D eigenvalue weighted by atomic mass is 19.1. The average molecular weight is 375 g/mol. The van der Waals surface area contributed by atoms with Gasteiger partial charge in [-0.05, 0) is 17.2 Å². The average Bonchev–Trinajstić information content (AvgIpc) is 2.75. The molecule has 28 heavy (non-hydrogen) atoms. The van der Waals surface area contributed by atoms with Gasteiger partial charge in [-0.3, -0.25) is 9.69 Å². The molecule has 0 bridgehead atoms. The highest BCUT2D eigenvalue weighted by Crippen LogP contribution is 2.29. The van der Waals surface area contributed by atoms with Crippen molar-refractivity contribution < 1.29 is 9.18 Å². The van der Waals surface area contributed by atoms with Crippen molar-refractivity contribution in [2.45, 2.75) is 6.04 Å². The Morgan fingerprint density at radius 2 is 1.43 bits per heavy atom. The third-order valence-electron chi connectivity index (χ3n) is 5.17. The van der Waals surface area contributed by atoms with Gasteiger partial charge in [0.25, 0.3) is 5.91 Å². The molecule has 0 atom stereocenters. The molecule has 1 fully saturated rings. The van der Waals surface area contributed by atoms with Crippen LogP contribution in [0.3, 0.4) is 0 Å². The van der Waals surface area contributed by atoms with E-state index in [9.17, 15) is 9.18 Å². The van der Waals surface area contributed by atoms with Crippen molar-refractivity contribution >= 4 is 5.91 Å². The lowest BCUT2D eigenvalue weighted by Crippen LogP contribution is -2.49. The van der Waals surface area contributed by atoms with Crippen LogP contribution in [0.4, 0.5) is 4.39 Å². The largest absolute Gasteiger partial charge is 0.336 e. The fourth-order valence-electron chi connectivity index (χ4n) is 3.79. The first-order valence-corrected chi connectivity index (χ1v) is 9.47. The third-order valence-corrected chi connectivity index (χ3v) is 5.17. The maximum Gasteiger partial charge on any atom is 0.254 e. The van der Waals surface area contributed by atoms with E-state index in [0.29, 0.717) is 18.7 Å². The number of aromatic nitrogens is 1. The fraction of sp³-hybridized carbons (Fsp3) is 0.217. The Hall–Kier alpha value is -3.05. The number of carbonyl (C=O) groups excluding carboxylic acids is 1. The van der Waals surface area contributed by atoms with Gasteiger partial charge in [0, 0.05) is 44.0 Å². The van der Waals surface area contributed by atoms with Crippen LogP contribution in [0.1, 0.15) is 27.5 Å². The van der Waals surface area contributed by atoms with Gasteiger partial charge in [0.1, 0.15) is 0 Å².